The SMILES string of the molecule is Cc1cc(OCc2ccc(Cl)cc2)cc2c1C(=O)/C(=C/c1ccc(C(C)C)cc1)O2. The Kier molecular flexibility index (Phi) is 5.65. The van der Waals surface area contributed by atoms with Crippen LogP contribution in [0.3, 0.4) is 0 Å². The number of Topliss-reactive ketones (excluding diaryl/α,β-unsaturated/α-hetero) is 1. The van der Waals surface area contributed by atoms with Gasteiger partial charge in [0, 0.05) is 11.1 Å². The molecule has 0 fully saturated rings. The van der Waals surface area contributed by atoms with Crippen molar-refractivity contribution < 1.29 is 14.3 Å². The van der Waals surface area contributed by atoms with Crippen molar-refractivity contribution in [2.75, 3.05) is 0 Å². The zero-order valence-corrected chi connectivity index (χ0v) is 18.0. The molecule has 4 rings (SSSR count). The van der Waals surface area contributed by atoms with Gasteiger partial charge in [0.05, 0.1) is 5.56 Å². The molecule has 0 aliphatic carbocycles. The van der Waals surface area contributed by atoms with Gasteiger partial charge < -0.3 is 9.47 Å². The van der Waals surface area contributed by atoms with E-state index >= 15 is 0 Å². The van der Waals surface area contributed by atoms with E-state index in [1.54, 1.807) is 12.1 Å². The molecule has 3 aromatic carbocycles. The minimum atomic E-state index is -0.0975. The van der Waals surface area contributed by atoms with E-state index in [1.807, 2.05) is 49.4 Å². The molecule has 1 aliphatic rings. The summed E-state index contributed by atoms with van der Waals surface area (Å²) >= 11 is 5.93. The molecule has 1 aliphatic heterocycles. The minimum Gasteiger partial charge on any atom is -0.489 e. The van der Waals surface area contributed by atoms with E-state index in [0.717, 1.165) is 16.7 Å². The molecule has 152 valence electrons. The van der Waals surface area contributed by atoms with Gasteiger partial charge in [-0.25, -0.2) is 0 Å². The van der Waals surface area contributed by atoms with E-state index in [9.17, 15) is 4.79 Å². The number of hydrogen-bond donors (Lipinski definition) is 0. The van der Waals surface area contributed by atoms with E-state index in [1.165, 1.54) is 5.56 Å². The summed E-state index contributed by atoms with van der Waals surface area (Å²) in [7, 11) is 0. The van der Waals surface area contributed by atoms with E-state index in [0.29, 0.717) is 40.4 Å². The van der Waals surface area contributed by atoms with Crippen LogP contribution in [-0.4, -0.2) is 5.78 Å². The maximum absolute atomic E-state index is 12.9. The second-order valence-electron chi connectivity index (χ2n) is 7.79. The van der Waals surface area contributed by atoms with Gasteiger partial charge in [0.25, 0.3) is 0 Å². The molecule has 0 bridgehead atoms. The Morgan fingerprint density at radius 1 is 1.03 bits per heavy atom. The number of hydrogen-bond acceptors (Lipinski definition) is 3. The summed E-state index contributed by atoms with van der Waals surface area (Å²) in [6.45, 7) is 6.62. The lowest BCUT2D eigenvalue weighted by molar-refractivity contribution is 0.101. The van der Waals surface area contributed by atoms with Crippen LogP contribution in [-0.2, 0) is 6.61 Å². The summed E-state index contributed by atoms with van der Waals surface area (Å²) in [5.74, 6) is 1.90. The Labute approximate surface area is 181 Å². The third-order valence-electron chi connectivity index (χ3n) is 5.16. The molecule has 0 unspecified atom stereocenters. The molecular formula is C26H23ClO3. The van der Waals surface area contributed by atoms with Crippen LogP contribution in [0.2, 0.25) is 5.02 Å². The van der Waals surface area contributed by atoms with Crippen LogP contribution in [0.25, 0.3) is 6.08 Å². The highest BCUT2D eigenvalue weighted by molar-refractivity contribution is 6.30. The summed E-state index contributed by atoms with van der Waals surface area (Å²) in [6, 6.07) is 19.3. The summed E-state index contributed by atoms with van der Waals surface area (Å²) < 4.78 is 11.8. The first-order chi connectivity index (χ1) is 14.4. The normalized spacial score (nSPS) is 14.2. The fourth-order valence-electron chi connectivity index (χ4n) is 3.44. The molecular weight excluding hydrogens is 396 g/mol. The van der Waals surface area contributed by atoms with Gasteiger partial charge in [0.1, 0.15) is 18.1 Å². The molecule has 0 atom stereocenters. The van der Waals surface area contributed by atoms with Crippen LogP contribution < -0.4 is 9.47 Å². The molecule has 30 heavy (non-hydrogen) atoms. The minimum absolute atomic E-state index is 0.0975. The molecule has 3 nitrogen and oxygen atoms in total. The number of carbonyl (C=O) groups excluding carboxylic acids is 1. The van der Waals surface area contributed by atoms with Gasteiger partial charge in [-0.1, -0.05) is 61.8 Å². The van der Waals surface area contributed by atoms with Gasteiger partial charge in [0.15, 0.2) is 5.76 Å². The predicted octanol–water partition coefficient (Wildman–Crippen LogP) is 6.97. The first kappa shape index (κ1) is 20.2. The predicted molar refractivity (Wildman–Crippen MR) is 120 cm³/mol. The summed E-state index contributed by atoms with van der Waals surface area (Å²) in [6.07, 6.45) is 1.79. The second-order valence-corrected chi connectivity index (χ2v) is 8.23. The smallest absolute Gasteiger partial charge is 0.232 e. The molecule has 0 spiro atoms. The number of carbonyl (C=O) groups is 1. The summed E-state index contributed by atoms with van der Waals surface area (Å²) in [5.41, 5.74) is 4.64. The van der Waals surface area contributed by atoms with Crippen LogP contribution in [0.4, 0.5) is 0 Å². The van der Waals surface area contributed by atoms with Gasteiger partial charge in [-0.2, -0.15) is 0 Å². The third kappa shape index (κ3) is 4.27. The Morgan fingerprint density at radius 3 is 2.40 bits per heavy atom. The summed E-state index contributed by atoms with van der Waals surface area (Å²) in [5, 5.41) is 0.692. The van der Waals surface area contributed by atoms with Crippen molar-refractivity contribution in [1.82, 2.24) is 0 Å². The van der Waals surface area contributed by atoms with Crippen molar-refractivity contribution in [3.05, 3.63) is 99.3 Å². The topological polar surface area (TPSA) is 35.5 Å². The van der Waals surface area contributed by atoms with Crippen molar-refractivity contribution >= 4 is 23.5 Å². The lowest BCUT2D eigenvalue weighted by atomic mass is 10.0. The fraction of sp³-hybridized carbons (Fsp3) is 0.192. The lowest BCUT2D eigenvalue weighted by Gasteiger charge is -2.09. The number of benzene rings is 3. The van der Waals surface area contributed by atoms with E-state index in [2.05, 4.69) is 26.0 Å². The molecule has 0 radical (unpaired) electrons. The highest BCUT2D eigenvalue weighted by Gasteiger charge is 2.30. The van der Waals surface area contributed by atoms with Gasteiger partial charge in [-0.15, -0.1) is 0 Å². The van der Waals surface area contributed by atoms with Crippen molar-refractivity contribution in [1.29, 1.82) is 0 Å². The second kappa shape index (κ2) is 8.37. The lowest BCUT2D eigenvalue weighted by Crippen LogP contribution is -2.00. The molecule has 1 heterocycles. The van der Waals surface area contributed by atoms with Crippen LogP contribution in [0.1, 0.15) is 52.4 Å². The first-order valence-corrected chi connectivity index (χ1v) is 10.3. The Balaban J connectivity index is 1.53. The van der Waals surface area contributed by atoms with Crippen molar-refractivity contribution in [2.45, 2.75) is 33.3 Å². The third-order valence-corrected chi connectivity index (χ3v) is 5.42. The van der Waals surface area contributed by atoms with Crippen LogP contribution >= 0.6 is 11.6 Å². The van der Waals surface area contributed by atoms with Gasteiger partial charge in [0.2, 0.25) is 5.78 Å². The quantitative estimate of drug-likeness (QED) is 0.420. The van der Waals surface area contributed by atoms with Crippen LogP contribution in [0, 0.1) is 6.92 Å². The number of halogens is 1. The molecule has 3 aromatic rings. The largest absolute Gasteiger partial charge is 0.489 e. The van der Waals surface area contributed by atoms with Crippen LogP contribution in [0.5, 0.6) is 11.5 Å². The fourth-order valence-corrected chi connectivity index (χ4v) is 3.56. The molecule has 0 amide bonds. The van der Waals surface area contributed by atoms with Crippen molar-refractivity contribution in [2.24, 2.45) is 0 Å². The Morgan fingerprint density at radius 2 is 1.73 bits per heavy atom. The zero-order chi connectivity index (χ0) is 21.3. The standard InChI is InChI=1S/C26H23ClO3/c1-16(2)20-8-4-18(5-9-20)13-24-26(28)25-17(3)12-22(14-23(25)30-24)29-15-19-6-10-21(27)11-7-19/h4-14,16H,15H2,1-3H3/b24-13-. The average molecular weight is 419 g/mol. The maximum atomic E-state index is 12.9. The highest BCUT2D eigenvalue weighted by atomic mass is 35.5. The monoisotopic (exact) mass is 418 g/mol. The van der Waals surface area contributed by atoms with E-state index in [-0.39, 0.29) is 5.78 Å². The maximum Gasteiger partial charge on any atom is 0.232 e. The highest BCUT2D eigenvalue weighted by Crippen LogP contribution is 2.37. The van der Waals surface area contributed by atoms with Crippen molar-refractivity contribution in [3.8, 4) is 11.5 Å². The van der Waals surface area contributed by atoms with Gasteiger partial charge >= 0.3 is 0 Å². The number of ketones is 1. The number of aryl methyl sites for hydroxylation is 1. The Bertz CT molecular complexity index is 1110. The van der Waals surface area contributed by atoms with Crippen LogP contribution in [0.15, 0.2) is 66.4 Å². The average Bonchev–Trinajstić information content (AvgIpc) is 3.03. The van der Waals surface area contributed by atoms with Gasteiger partial charge in [-0.3, -0.25) is 4.79 Å². The Hall–Kier alpha value is -3.04. The van der Waals surface area contributed by atoms with Gasteiger partial charge in [-0.05, 0) is 59.4 Å². The summed E-state index contributed by atoms with van der Waals surface area (Å²) in [4.78, 5) is 12.9. The first-order valence-electron chi connectivity index (χ1n) is 9.97. The number of ether oxygens (including phenoxy) is 2. The van der Waals surface area contributed by atoms with E-state index in [4.69, 9.17) is 21.1 Å². The molecule has 4 heteroatoms. The molecule has 0 N–H and O–H groups in total. The molecule has 0 aromatic heterocycles. The number of rotatable bonds is 5. The number of allylic oxidation sites excluding steroid dienone is 1. The molecule has 0 saturated carbocycles. The zero-order valence-electron chi connectivity index (χ0n) is 17.2. The van der Waals surface area contributed by atoms with Crippen molar-refractivity contribution in [3.63, 3.8) is 0 Å². The van der Waals surface area contributed by atoms with E-state index < -0.39 is 0 Å². The molecule has 0 saturated heterocycles. The number of fused-ring (bicyclic) bond motifs is 1.